The lowest BCUT2D eigenvalue weighted by Crippen LogP contribution is -2.09. The van der Waals surface area contributed by atoms with Gasteiger partial charge in [-0.15, -0.1) is 0 Å². The molecule has 13 aromatic rings. The summed E-state index contributed by atoms with van der Waals surface area (Å²) in [4.78, 5) is 2.38. The Hall–Kier alpha value is -8.72. The Kier molecular flexibility index (Phi) is 8.89. The summed E-state index contributed by atoms with van der Waals surface area (Å²) in [7, 11) is 0. The van der Waals surface area contributed by atoms with Crippen molar-refractivity contribution in [2.75, 3.05) is 4.90 Å². The summed E-state index contributed by atoms with van der Waals surface area (Å²) in [6.07, 6.45) is 0. The van der Waals surface area contributed by atoms with Crippen molar-refractivity contribution in [3.8, 4) is 44.5 Å². The van der Waals surface area contributed by atoms with Gasteiger partial charge in [-0.1, -0.05) is 206 Å². The van der Waals surface area contributed by atoms with Gasteiger partial charge < -0.3 is 9.30 Å². The first-order valence-electron chi connectivity index (χ1n) is 22.8. The van der Waals surface area contributed by atoms with E-state index in [0.717, 1.165) is 17.1 Å². The molecule has 2 heteroatoms. The third-order valence-corrected chi connectivity index (χ3v) is 13.6. The molecule has 0 bridgehead atoms. The summed E-state index contributed by atoms with van der Waals surface area (Å²) in [6.45, 7) is 0. The summed E-state index contributed by atoms with van der Waals surface area (Å²) in [6, 6.07) is 93.1. The molecule has 0 aliphatic rings. The third-order valence-electron chi connectivity index (χ3n) is 13.6. The van der Waals surface area contributed by atoms with Gasteiger partial charge in [0.05, 0.1) is 16.6 Å². The average Bonchev–Trinajstić information content (AvgIpc) is 3.75. The molecule has 0 unspecified atom stereocenters. The molecule has 0 saturated heterocycles. The Labute approximate surface area is 383 Å². The molecule has 0 fully saturated rings. The van der Waals surface area contributed by atoms with E-state index < -0.39 is 0 Å². The number of pyridine rings is 1. The van der Waals surface area contributed by atoms with Crippen molar-refractivity contribution in [2.45, 2.75) is 0 Å². The lowest BCUT2D eigenvalue weighted by atomic mass is 9.93. The van der Waals surface area contributed by atoms with Crippen LogP contribution >= 0.6 is 0 Å². The van der Waals surface area contributed by atoms with Gasteiger partial charge in [-0.2, -0.15) is 0 Å². The van der Waals surface area contributed by atoms with Gasteiger partial charge in [-0.25, -0.2) is 0 Å². The van der Waals surface area contributed by atoms with Crippen molar-refractivity contribution >= 4 is 76.7 Å². The molecule has 13 rings (SSSR count). The van der Waals surface area contributed by atoms with Gasteiger partial charge in [0.15, 0.2) is 0 Å². The van der Waals surface area contributed by atoms with E-state index in [2.05, 4.69) is 264 Å². The molecule has 2 aromatic heterocycles. The number of rotatable bonds is 7. The van der Waals surface area contributed by atoms with Crippen molar-refractivity contribution in [3.05, 3.63) is 255 Å². The van der Waals surface area contributed by atoms with Crippen LogP contribution < -0.4 is 4.90 Å². The number of aromatic nitrogens is 1. The van der Waals surface area contributed by atoms with Gasteiger partial charge in [-0.3, -0.25) is 0 Å². The Morgan fingerprint density at radius 1 is 0.258 bits per heavy atom. The van der Waals surface area contributed by atoms with E-state index in [4.69, 9.17) is 0 Å². The summed E-state index contributed by atoms with van der Waals surface area (Å²) >= 11 is 0. The first-order chi connectivity index (χ1) is 32.8. The molecule has 0 aliphatic heterocycles. The number of hydrogen-bond acceptors (Lipinski definition) is 1. The smallest absolute Gasteiger partial charge is 0.0626 e. The van der Waals surface area contributed by atoms with Crippen LogP contribution in [0.3, 0.4) is 0 Å². The fraction of sp³-hybridized carbons (Fsp3) is 0. The van der Waals surface area contributed by atoms with Crippen LogP contribution in [0.15, 0.2) is 255 Å². The summed E-state index contributed by atoms with van der Waals surface area (Å²) in [5, 5.41) is 10.00. The van der Waals surface area contributed by atoms with E-state index in [-0.39, 0.29) is 0 Å². The molecule has 11 aromatic carbocycles. The van der Waals surface area contributed by atoms with Crippen molar-refractivity contribution < 1.29 is 0 Å². The molecule has 66 heavy (non-hydrogen) atoms. The number of nitrogens with zero attached hydrogens (tertiary/aromatic N) is 2. The zero-order valence-corrected chi connectivity index (χ0v) is 36.1. The molecule has 0 aliphatic carbocycles. The molecule has 2 heterocycles. The van der Waals surface area contributed by atoms with Crippen molar-refractivity contribution in [1.82, 2.24) is 4.40 Å². The normalized spacial score (nSPS) is 11.6. The molecule has 0 amide bonds. The van der Waals surface area contributed by atoms with E-state index in [1.165, 1.54) is 104 Å². The van der Waals surface area contributed by atoms with Gasteiger partial charge in [0, 0.05) is 44.2 Å². The van der Waals surface area contributed by atoms with Crippen LogP contribution in [0.5, 0.6) is 0 Å². The molecule has 0 saturated carbocycles. The van der Waals surface area contributed by atoms with Crippen molar-refractivity contribution in [2.24, 2.45) is 0 Å². The Morgan fingerprint density at radius 2 is 0.652 bits per heavy atom. The Morgan fingerprint density at radius 3 is 1.21 bits per heavy atom. The van der Waals surface area contributed by atoms with Gasteiger partial charge >= 0.3 is 0 Å². The summed E-state index contributed by atoms with van der Waals surface area (Å²) in [5.41, 5.74) is 16.7. The van der Waals surface area contributed by atoms with Gasteiger partial charge in [0.25, 0.3) is 0 Å². The molecule has 0 atom stereocenters. The van der Waals surface area contributed by atoms with E-state index >= 15 is 0 Å². The largest absolute Gasteiger partial charge is 0.311 e. The summed E-state index contributed by atoms with van der Waals surface area (Å²) < 4.78 is 2.48. The lowest BCUT2D eigenvalue weighted by molar-refractivity contribution is 1.28. The number of para-hydroxylation sites is 2. The fourth-order valence-electron chi connectivity index (χ4n) is 10.6. The number of anilines is 3. The predicted octanol–water partition coefficient (Wildman–Crippen LogP) is 17.8. The average molecular weight is 839 g/mol. The fourth-order valence-corrected chi connectivity index (χ4v) is 10.6. The first kappa shape index (κ1) is 37.8. The Bertz CT molecular complexity index is 3820. The minimum atomic E-state index is 1.09. The van der Waals surface area contributed by atoms with Crippen molar-refractivity contribution in [3.63, 3.8) is 0 Å². The topological polar surface area (TPSA) is 7.65 Å². The minimum absolute atomic E-state index is 1.09. The quantitative estimate of drug-likeness (QED) is 0.145. The van der Waals surface area contributed by atoms with E-state index in [9.17, 15) is 0 Å². The van der Waals surface area contributed by atoms with Crippen molar-refractivity contribution in [1.29, 1.82) is 0 Å². The van der Waals surface area contributed by atoms with Crippen LogP contribution in [0.25, 0.3) is 104 Å². The van der Waals surface area contributed by atoms with Gasteiger partial charge in [-0.05, 0) is 109 Å². The number of benzene rings is 11. The molecular weight excluding hydrogens is 797 g/mol. The summed E-state index contributed by atoms with van der Waals surface area (Å²) in [5.74, 6) is 0. The van der Waals surface area contributed by atoms with Crippen LogP contribution in [0.4, 0.5) is 17.1 Å². The van der Waals surface area contributed by atoms with E-state index in [1.807, 2.05) is 0 Å². The highest BCUT2D eigenvalue weighted by atomic mass is 15.1. The maximum Gasteiger partial charge on any atom is 0.0626 e. The number of hydrogen-bond donors (Lipinski definition) is 0. The molecular formula is C64H42N2. The Balaban J connectivity index is 0.963. The molecule has 0 radical (unpaired) electrons. The molecule has 308 valence electrons. The standard InChI is InChI=1S/C64H42N2/c1-2-17-48(18-3-1)62-57-23-8-10-29-60(57)66-61-30-11-9-24-58(61)63-56(27-14-28-59(63)64(62)66)47-35-41-51(42-36-47)65(49-37-31-45(32-38-49)54-25-12-19-43-15-4-6-21-52(43)54)50-39-33-46(34-40-50)55-26-13-20-44-16-5-7-22-53(44)55/h1-42H. The van der Waals surface area contributed by atoms with Gasteiger partial charge in [0.1, 0.15) is 0 Å². The maximum absolute atomic E-state index is 2.48. The minimum Gasteiger partial charge on any atom is -0.311 e. The maximum atomic E-state index is 2.48. The molecule has 2 nitrogen and oxygen atoms in total. The molecule has 0 N–H and O–H groups in total. The first-order valence-corrected chi connectivity index (χ1v) is 22.8. The van der Waals surface area contributed by atoms with E-state index in [0.29, 0.717) is 0 Å². The second-order valence-electron chi connectivity index (χ2n) is 17.2. The number of fused-ring (bicyclic) bond motifs is 10. The van der Waals surface area contributed by atoms with Crippen LogP contribution in [0, 0.1) is 0 Å². The highest BCUT2D eigenvalue weighted by molar-refractivity contribution is 6.25. The second kappa shape index (κ2) is 15.5. The molecule has 0 spiro atoms. The predicted molar refractivity (Wildman–Crippen MR) is 281 cm³/mol. The zero-order valence-electron chi connectivity index (χ0n) is 36.1. The second-order valence-corrected chi connectivity index (χ2v) is 17.2. The zero-order chi connectivity index (χ0) is 43.6. The monoisotopic (exact) mass is 838 g/mol. The highest BCUT2D eigenvalue weighted by Crippen LogP contribution is 2.46. The lowest BCUT2D eigenvalue weighted by Gasteiger charge is -2.26. The van der Waals surface area contributed by atoms with Crippen LogP contribution in [-0.4, -0.2) is 4.40 Å². The van der Waals surface area contributed by atoms with Crippen LogP contribution in [0.1, 0.15) is 0 Å². The van der Waals surface area contributed by atoms with E-state index in [1.54, 1.807) is 0 Å². The van der Waals surface area contributed by atoms with Crippen LogP contribution in [0.2, 0.25) is 0 Å². The third kappa shape index (κ3) is 6.11. The van der Waals surface area contributed by atoms with Gasteiger partial charge in [0.2, 0.25) is 0 Å². The SMILES string of the molecule is c1ccc(-c2c3ccccc3n3c4ccccc4c4c(-c5ccc(N(c6ccc(-c7cccc8ccccc78)cc6)c6ccc(-c7cccc8ccccc78)cc6)cc5)cccc4c23)cc1. The highest BCUT2D eigenvalue weighted by Gasteiger charge is 2.21. The van der Waals surface area contributed by atoms with Crippen LogP contribution in [-0.2, 0) is 0 Å².